The number of nitrogens with one attached hydrogen (secondary N) is 1. The Labute approximate surface area is 127 Å². The van der Waals surface area contributed by atoms with E-state index in [4.69, 9.17) is 5.73 Å². The molecule has 2 atom stereocenters. The summed E-state index contributed by atoms with van der Waals surface area (Å²) in [4.78, 5) is 2.56. The van der Waals surface area contributed by atoms with Gasteiger partial charge in [0.05, 0.1) is 4.90 Å². The van der Waals surface area contributed by atoms with Gasteiger partial charge in [0, 0.05) is 18.6 Å². The fourth-order valence-electron chi connectivity index (χ4n) is 2.72. The SMILES string of the molecule is Cc1ccc(S(=O)(=O)NC2CCN(C)C(C)C2)cc1CN. The first-order chi connectivity index (χ1) is 9.83. The Balaban J connectivity index is 2.15. The minimum atomic E-state index is -3.47. The summed E-state index contributed by atoms with van der Waals surface area (Å²) in [5.41, 5.74) is 7.55. The average Bonchev–Trinajstić information content (AvgIpc) is 2.43. The van der Waals surface area contributed by atoms with Gasteiger partial charge in [-0.15, -0.1) is 0 Å². The molecule has 3 N–H and O–H groups in total. The summed E-state index contributed by atoms with van der Waals surface area (Å²) in [6.45, 7) is 5.32. The third-order valence-electron chi connectivity index (χ3n) is 4.38. The molecule has 0 spiro atoms. The van der Waals surface area contributed by atoms with Crippen LogP contribution in [-0.2, 0) is 16.6 Å². The predicted molar refractivity (Wildman–Crippen MR) is 84.5 cm³/mol. The molecule has 1 aliphatic heterocycles. The van der Waals surface area contributed by atoms with E-state index in [0.29, 0.717) is 17.5 Å². The number of hydrogen-bond donors (Lipinski definition) is 2. The van der Waals surface area contributed by atoms with Gasteiger partial charge in [-0.3, -0.25) is 0 Å². The van der Waals surface area contributed by atoms with Crippen molar-refractivity contribution in [2.75, 3.05) is 13.6 Å². The van der Waals surface area contributed by atoms with Crippen LogP contribution in [0, 0.1) is 6.92 Å². The Bertz CT molecular complexity index is 601. The van der Waals surface area contributed by atoms with Crippen LogP contribution >= 0.6 is 0 Å². The highest BCUT2D eigenvalue weighted by Crippen LogP contribution is 2.20. The van der Waals surface area contributed by atoms with E-state index >= 15 is 0 Å². The van der Waals surface area contributed by atoms with Crippen molar-refractivity contribution in [2.24, 2.45) is 5.73 Å². The normalized spacial score (nSPS) is 24.2. The van der Waals surface area contributed by atoms with Crippen molar-refractivity contribution in [3.8, 4) is 0 Å². The Morgan fingerprint density at radius 3 is 2.76 bits per heavy atom. The van der Waals surface area contributed by atoms with Crippen LogP contribution in [0.3, 0.4) is 0 Å². The van der Waals surface area contributed by atoms with Gasteiger partial charge >= 0.3 is 0 Å². The molecule has 0 aliphatic carbocycles. The molecule has 2 unspecified atom stereocenters. The first-order valence-corrected chi connectivity index (χ1v) is 8.84. The predicted octanol–water partition coefficient (Wildman–Crippen LogP) is 1.21. The minimum absolute atomic E-state index is 0.00355. The maximum atomic E-state index is 12.5. The van der Waals surface area contributed by atoms with Crippen molar-refractivity contribution in [2.45, 2.75) is 50.2 Å². The lowest BCUT2D eigenvalue weighted by Gasteiger charge is -2.35. The number of benzene rings is 1. The lowest BCUT2D eigenvalue weighted by molar-refractivity contribution is 0.178. The van der Waals surface area contributed by atoms with Crippen molar-refractivity contribution in [3.63, 3.8) is 0 Å². The van der Waals surface area contributed by atoms with Crippen molar-refractivity contribution >= 4 is 10.0 Å². The molecule has 0 saturated carbocycles. The molecule has 2 rings (SSSR count). The van der Waals surface area contributed by atoms with Crippen molar-refractivity contribution < 1.29 is 8.42 Å². The topological polar surface area (TPSA) is 75.4 Å². The Hall–Kier alpha value is -0.950. The lowest BCUT2D eigenvalue weighted by atomic mass is 10.0. The van der Waals surface area contributed by atoms with Crippen LogP contribution in [0.1, 0.15) is 30.9 Å². The second-order valence-electron chi connectivity index (χ2n) is 5.96. The Kier molecular flexibility index (Phi) is 5.03. The molecule has 1 heterocycles. The van der Waals surface area contributed by atoms with E-state index in [2.05, 4.69) is 23.6 Å². The van der Waals surface area contributed by atoms with Gasteiger partial charge in [-0.05, 0) is 63.5 Å². The van der Waals surface area contributed by atoms with E-state index in [-0.39, 0.29) is 6.04 Å². The molecule has 0 radical (unpaired) electrons. The summed E-state index contributed by atoms with van der Waals surface area (Å²) in [5, 5.41) is 0. The molecule has 5 nitrogen and oxygen atoms in total. The second-order valence-corrected chi connectivity index (χ2v) is 7.68. The van der Waals surface area contributed by atoms with Crippen molar-refractivity contribution in [1.82, 2.24) is 9.62 Å². The molecule has 6 heteroatoms. The zero-order chi connectivity index (χ0) is 15.6. The molecule has 1 fully saturated rings. The third-order valence-corrected chi connectivity index (χ3v) is 5.90. The summed E-state index contributed by atoms with van der Waals surface area (Å²) in [6, 6.07) is 5.53. The number of likely N-dealkylation sites (tertiary alicyclic amines) is 1. The first kappa shape index (κ1) is 16.4. The number of piperidine rings is 1. The molecule has 0 amide bonds. The number of sulfonamides is 1. The van der Waals surface area contributed by atoms with Gasteiger partial charge in [-0.2, -0.15) is 0 Å². The fourth-order valence-corrected chi connectivity index (χ4v) is 4.05. The van der Waals surface area contributed by atoms with Crippen LogP contribution in [0.4, 0.5) is 0 Å². The highest BCUT2D eigenvalue weighted by atomic mass is 32.2. The molecular formula is C15H25N3O2S. The second kappa shape index (κ2) is 6.44. The summed E-state index contributed by atoms with van der Waals surface area (Å²) in [6.07, 6.45) is 1.68. The fraction of sp³-hybridized carbons (Fsp3) is 0.600. The Morgan fingerprint density at radius 1 is 1.43 bits per heavy atom. The van der Waals surface area contributed by atoms with Crippen LogP contribution in [-0.4, -0.2) is 39.0 Å². The molecule has 1 aliphatic rings. The van der Waals surface area contributed by atoms with Gasteiger partial charge in [-0.1, -0.05) is 6.07 Å². The van der Waals surface area contributed by atoms with Gasteiger partial charge in [-0.25, -0.2) is 13.1 Å². The van der Waals surface area contributed by atoms with Gasteiger partial charge in [0.25, 0.3) is 0 Å². The maximum absolute atomic E-state index is 12.5. The standard InChI is InChI=1S/C15H25N3O2S/c1-11-4-5-15(9-13(11)10-16)21(19,20)17-14-6-7-18(3)12(2)8-14/h4-5,9,12,14,17H,6-8,10,16H2,1-3H3. The van der Waals surface area contributed by atoms with E-state index in [1.54, 1.807) is 12.1 Å². The number of nitrogens with two attached hydrogens (primary N) is 1. The largest absolute Gasteiger partial charge is 0.326 e. The minimum Gasteiger partial charge on any atom is -0.326 e. The lowest BCUT2D eigenvalue weighted by Crippen LogP contribution is -2.47. The van der Waals surface area contributed by atoms with E-state index < -0.39 is 10.0 Å². The van der Waals surface area contributed by atoms with Crippen LogP contribution < -0.4 is 10.5 Å². The van der Waals surface area contributed by atoms with Gasteiger partial charge in [0.1, 0.15) is 0 Å². The molecule has 1 aromatic carbocycles. The number of hydrogen-bond acceptors (Lipinski definition) is 4. The third kappa shape index (κ3) is 3.83. The maximum Gasteiger partial charge on any atom is 0.240 e. The van der Waals surface area contributed by atoms with E-state index in [9.17, 15) is 8.42 Å². The molecule has 0 aromatic heterocycles. The van der Waals surface area contributed by atoms with E-state index in [0.717, 1.165) is 30.5 Å². The van der Waals surface area contributed by atoms with E-state index in [1.807, 2.05) is 13.0 Å². The molecule has 0 bridgehead atoms. The molecule has 1 aromatic rings. The van der Waals surface area contributed by atoms with Crippen molar-refractivity contribution in [1.29, 1.82) is 0 Å². The molecule has 1 saturated heterocycles. The summed E-state index contributed by atoms with van der Waals surface area (Å²) in [5.74, 6) is 0. The van der Waals surface area contributed by atoms with Gasteiger partial charge in [0.2, 0.25) is 10.0 Å². The average molecular weight is 311 g/mol. The highest BCUT2D eigenvalue weighted by molar-refractivity contribution is 7.89. The van der Waals surface area contributed by atoms with Crippen LogP contribution in [0.15, 0.2) is 23.1 Å². The van der Waals surface area contributed by atoms with E-state index in [1.165, 1.54) is 0 Å². The highest BCUT2D eigenvalue weighted by Gasteiger charge is 2.27. The smallest absolute Gasteiger partial charge is 0.240 e. The van der Waals surface area contributed by atoms with Crippen LogP contribution in [0.2, 0.25) is 0 Å². The number of rotatable bonds is 4. The van der Waals surface area contributed by atoms with Gasteiger partial charge < -0.3 is 10.6 Å². The van der Waals surface area contributed by atoms with Crippen LogP contribution in [0.5, 0.6) is 0 Å². The number of nitrogens with zero attached hydrogens (tertiary/aromatic N) is 1. The number of aryl methyl sites for hydroxylation is 1. The molecular weight excluding hydrogens is 286 g/mol. The summed E-state index contributed by atoms with van der Waals surface area (Å²) >= 11 is 0. The van der Waals surface area contributed by atoms with Crippen molar-refractivity contribution in [3.05, 3.63) is 29.3 Å². The monoisotopic (exact) mass is 311 g/mol. The molecule has 118 valence electrons. The first-order valence-electron chi connectivity index (χ1n) is 7.35. The van der Waals surface area contributed by atoms with Gasteiger partial charge in [0.15, 0.2) is 0 Å². The quantitative estimate of drug-likeness (QED) is 0.876. The zero-order valence-electron chi connectivity index (χ0n) is 13.0. The molecule has 21 heavy (non-hydrogen) atoms. The zero-order valence-corrected chi connectivity index (χ0v) is 13.8. The summed E-state index contributed by atoms with van der Waals surface area (Å²) in [7, 11) is -1.40. The Morgan fingerprint density at radius 2 is 2.14 bits per heavy atom. The van der Waals surface area contributed by atoms with Crippen LogP contribution in [0.25, 0.3) is 0 Å². The summed E-state index contributed by atoms with van der Waals surface area (Å²) < 4.78 is 27.8.